The molecule has 2 aliphatic heterocycles. The van der Waals surface area contributed by atoms with Gasteiger partial charge in [0.05, 0.1) is 23.4 Å². The summed E-state index contributed by atoms with van der Waals surface area (Å²) >= 11 is 0. The largest absolute Gasteiger partial charge is 0.368 e. The number of fused-ring (bicyclic) bond motifs is 2. The van der Waals surface area contributed by atoms with Gasteiger partial charge in [0, 0.05) is 48.3 Å². The predicted molar refractivity (Wildman–Crippen MR) is 121 cm³/mol. The first kappa shape index (κ1) is 19.9. The second kappa shape index (κ2) is 7.13. The summed E-state index contributed by atoms with van der Waals surface area (Å²) in [5.74, 6) is -0.716. The molecular formula is C24H22F2N6O. The Morgan fingerprint density at radius 2 is 1.97 bits per heavy atom. The Morgan fingerprint density at radius 3 is 2.73 bits per heavy atom. The number of hydrogen-bond acceptors (Lipinski definition) is 4. The highest BCUT2D eigenvalue weighted by Crippen LogP contribution is 2.44. The van der Waals surface area contributed by atoms with Crippen LogP contribution in [0.1, 0.15) is 39.8 Å². The lowest BCUT2D eigenvalue weighted by Gasteiger charge is -2.27. The van der Waals surface area contributed by atoms with E-state index in [0.29, 0.717) is 46.7 Å². The maximum absolute atomic E-state index is 15.6. The first-order valence-electron chi connectivity index (χ1n) is 10.9. The van der Waals surface area contributed by atoms with E-state index in [1.165, 1.54) is 6.07 Å². The molecule has 0 spiro atoms. The fourth-order valence-electron chi connectivity index (χ4n) is 4.99. The van der Waals surface area contributed by atoms with Crippen molar-refractivity contribution in [1.29, 1.82) is 0 Å². The number of carbonyl (C=O) groups excluding carboxylic acids is 1. The maximum Gasteiger partial charge on any atom is 0.280 e. The number of alkyl halides is 1. The van der Waals surface area contributed by atoms with Crippen LogP contribution in [-0.2, 0) is 7.05 Å². The molecule has 1 saturated heterocycles. The van der Waals surface area contributed by atoms with Crippen LogP contribution >= 0.6 is 0 Å². The molecule has 4 aromatic rings. The SMILES string of the molecule is Cc1c2c(nn1C)C(=O)N(c1ccc3[nH]cnc3c1)C2c1ccc(N2CCC(F)C2)cc1F. The van der Waals surface area contributed by atoms with Gasteiger partial charge in [0.1, 0.15) is 12.0 Å². The lowest BCUT2D eigenvalue weighted by atomic mass is 9.97. The van der Waals surface area contributed by atoms with Gasteiger partial charge >= 0.3 is 0 Å². The number of anilines is 2. The van der Waals surface area contributed by atoms with Crippen molar-refractivity contribution in [2.75, 3.05) is 22.9 Å². The number of benzene rings is 2. The first-order valence-corrected chi connectivity index (χ1v) is 10.9. The topological polar surface area (TPSA) is 70.0 Å². The van der Waals surface area contributed by atoms with Crippen LogP contribution in [0.3, 0.4) is 0 Å². The zero-order chi connectivity index (χ0) is 22.9. The smallest absolute Gasteiger partial charge is 0.280 e. The monoisotopic (exact) mass is 448 g/mol. The molecular weight excluding hydrogens is 426 g/mol. The van der Waals surface area contributed by atoms with Gasteiger partial charge in [0.2, 0.25) is 0 Å². The van der Waals surface area contributed by atoms with Crippen molar-refractivity contribution >= 4 is 28.3 Å². The number of hydrogen-bond donors (Lipinski definition) is 1. The van der Waals surface area contributed by atoms with E-state index in [1.807, 2.05) is 30.0 Å². The Labute approximate surface area is 188 Å². The molecule has 2 aromatic heterocycles. The molecule has 2 aliphatic rings. The van der Waals surface area contributed by atoms with E-state index in [9.17, 15) is 9.18 Å². The van der Waals surface area contributed by atoms with Gasteiger partial charge in [-0.05, 0) is 43.7 Å². The van der Waals surface area contributed by atoms with E-state index in [4.69, 9.17) is 0 Å². The quantitative estimate of drug-likeness (QED) is 0.514. The molecule has 168 valence electrons. The molecule has 1 fully saturated rings. The fourth-order valence-corrected chi connectivity index (χ4v) is 4.99. The third-order valence-corrected chi connectivity index (χ3v) is 6.79. The zero-order valence-electron chi connectivity index (χ0n) is 18.2. The molecule has 7 nitrogen and oxygen atoms in total. The summed E-state index contributed by atoms with van der Waals surface area (Å²) in [6.07, 6.45) is 1.15. The standard InChI is InChI=1S/C24H22F2N6O/c1-13-21-22(29-30(13)2)24(33)32(16-4-6-19-20(10-16)28-12-27-19)23(21)17-5-3-15(9-18(17)26)31-8-7-14(25)11-31/h3-6,9-10,12,14,23H,7-8,11H2,1-2H3,(H,27,28). The summed E-state index contributed by atoms with van der Waals surface area (Å²) in [6.45, 7) is 2.70. The molecule has 2 atom stereocenters. The molecule has 0 bridgehead atoms. The molecule has 4 heterocycles. The molecule has 9 heteroatoms. The molecule has 6 rings (SSSR count). The predicted octanol–water partition coefficient (Wildman–Crippen LogP) is 4.04. The van der Waals surface area contributed by atoms with E-state index >= 15 is 4.39 Å². The van der Waals surface area contributed by atoms with E-state index in [1.54, 1.807) is 35.1 Å². The highest BCUT2D eigenvalue weighted by Gasteiger charge is 2.44. The minimum atomic E-state index is -0.895. The van der Waals surface area contributed by atoms with Crippen LogP contribution in [0.15, 0.2) is 42.7 Å². The minimum Gasteiger partial charge on any atom is -0.368 e. The minimum absolute atomic E-state index is 0.266. The van der Waals surface area contributed by atoms with Crippen molar-refractivity contribution in [3.8, 4) is 0 Å². The van der Waals surface area contributed by atoms with Crippen LogP contribution in [-0.4, -0.2) is 44.9 Å². The van der Waals surface area contributed by atoms with Crippen LogP contribution in [0, 0.1) is 12.7 Å². The van der Waals surface area contributed by atoms with E-state index in [2.05, 4.69) is 15.1 Å². The number of aromatic amines is 1. The molecule has 1 amide bonds. The molecule has 0 aliphatic carbocycles. The van der Waals surface area contributed by atoms with Crippen molar-refractivity contribution in [2.45, 2.75) is 25.6 Å². The number of amides is 1. The maximum atomic E-state index is 15.6. The van der Waals surface area contributed by atoms with E-state index in [-0.39, 0.29) is 12.5 Å². The number of nitrogens with zero attached hydrogens (tertiary/aromatic N) is 5. The number of H-pyrrole nitrogens is 1. The average molecular weight is 448 g/mol. The van der Waals surface area contributed by atoms with Gasteiger partial charge in [-0.2, -0.15) is 5.10 Å². The Balaban J connectivity index is 1.49. The zero-order valence-corrected chi connectivity index (χ0v) is 18.2. The van der Waals surface area contributed by atoms with Gasteiger partial charge in [0.25, 0.3) is 5.91 Å². The summed E-state index contributed by atoms with van der Waals surface area (Å²) < 4.78 is 30.9. The molecule has 2 unspecified atom stereocenters. The number of imidazole rings is 1. The van der Waals surface area contributed by atoms with Crippen molar-refractivity contribution in [3.05, 3.63) is 71.1 Å². The highest BCUT2D eigenvalue weighted by atomic mass is 19.1. The van der Waals surface area contributed by atoms with Crippen LogP contribution < -0.4 is 9.80 Å². The third kappa shape index (κ3) is 2.95. The Kier molecular flexibility index (Phi) is 4.30. The van der Waals surface area contributed by atoms with Gasteiger partial charge in [0.15, 0.2) is 5.69 Å². The van der Waals surface area contributed by atoms with Crippen LogP contribution in [0.2, 0.25) is 0 Å². The Morgan fingerprint density at radius 1 is 1.15 bits per heavy atom. The van der Waals surface area contributed by atoms with Gasteiger partial charge in [-0.25, -0.2) is 13.8 Å². The van der Waals surface area contributed by atoms with Gasteiger partial charge in [-0.15, -0.1) is 0 Å². The Bertz CT molecular complexity index is 1410. The molecule has 0 saturated carbocycles. The lowest BCUT2D eigenvalue weighted by molar-refractivity contribution is 0.0988. The molecule has 2 aromatic carbocycles. The number of carbonyl (C=O) groups is 1. The molecule has 33 heavy (non-hydrogen) atoms. The number of nitrogens with one attached hydrogen (secondary N) is 1. The van der Waals surface area contributed by atoms with Gasteiger partial charge in [-0.3, -0.25) is 14.4 Å². The van der Waals surface area contributed by atoms with Crippen molar-refractivity contribution < 1.29 is 13.6 Å². The number of halogens is 2. The van der Waals surface area contributed by atoms with E-state index < -0.39 is 18.0 Å². The van der Waals surface area contributed by atoms with Crippen molar-refractivity contribution in [2.24, 2.45) is 7.05 Å². The normalized spacial score (nSPS) is 20.3. The van der Waals surface area contributed by atoms with Crippen molar-refractivity contribution in [1.82, 2.24) is 19.7 Å². The summed E-state index contributed by atoms with van der Waals surface area (Å²) in [4.78, 5) is 24.3. The lowest BCUT2D eigenvalue weighted by Crippen LogP contribution is -2.30. The summed E-state index contributed by atoms with van der Waals surface area (Å²) in [5.41, 5.74) is 5.02. The fraction of sp³-hybridized carbons (Fsp3) is 0.292. The van der Waals surface area contributed by atoms with Crippen molar-refractivity contribution in [3.63, 3.8) is 0 Å². The summed E-state index contributed by atoms with van der Waals surface area (Å²) in [6, 6.07) is 9.77. The van der Waals surface area contributed by atoms with Gasteiger partial charge in [-0.1, -0.05) is 6.07 Å². The number of rotatable bonds is 3. The van der Waals surface area contributed by atoms with Gasteiger partial charge < -0.3 is 9.88 Å². The second-order valence-corrected chi connectivity index (χ2v) is 8.69. The second-order valence-electron chi connectivity index (χ2n) is 8.69. The van der Waals surface area contributed by atoms with E-state index in [0.717, 1.165) is 11.2 Å². The molecule has 1 N–H and O–H groups in total. The summed E-state index contributed by atoms with van der Waals surface area (Å²) in [5, 5.41) is 4.43. The Hall–Kier alpha value is -3.75. The molecule has 0 radical (unpaired) electrons. The van der Waals surface area contributed by atoms with Crippen LogP contribution in [0.25, 0.3) is 11.0 Å². The third-order valence-electron chi connectivity index (χ3n) is 6.79. The number of aromatic nitrogens is 4. The highest BCUT2D eigenvalue weighted by molar-refractivity contribution is 6.11. The summed E-state index contributed by atoms with van der Waals surface area (Å²) in [7, 11) is 1.78. The average Bonchev–Trinajstić information content (AvgIpc) is 3.55. The first-order chi connectivity index (χ1) is 15.9. The van der Waals surface area contributed by atoms with Crippen LogP contribution in [0.5, 0.6) is 0 Å². The van der Waals surface area contributed by atoms with Crippen LogP contribution in [0.4, 0.5) is 20.2 Å². The number of aryl methyl sites for hydroxylation is 1.